The molecule has 0 saturated heterocycles. The summed E-state index contributed by atoms with van der Waals surface area (Å²) < 4.78 is 47.8. The van der Waals surface area contributed by atoms with Gasteiger partial charge in [-0.1, -0.05) is 49.4 Å². The van der Waals surface area contributed by atoms with E-state index in [1.54, 1.807) is 12.1 Å². The van der Waals surface area contributed by atoms with Crippen LogP contribution in [0, 0.1) is 17.5 Å². The summed E-state index contributed by atoms with van der Waals surface area (Å²) >= 11 is 0. The van der Waals surface area contributed by atoms with E-state index in [-0.39, 0.29) is 29.2 Å². The summed E-state index contributed by atoms with van der Waals surface area (Å²) in [5.74, 6) is -2.07. The SMILES string of the molecule is C[C@H](Cc1c(F)cc(-c2ccc(C(=O)Oc3ccc(F)cc3)cc2)cc1F)c1ccccc1. The molecular formula is C28H21F3O2. The van der Waals surface area contributed by atoms with Gasteiger partial charge in [0, 0.05) is 5.56 Å². The molecule has 0 aliphatic carbocycles. The quantitative estimate of drug-likeness (QED) is 0.229. The van der Waals surface area contributed by atoms with Gasteiger partial charge >= 0.3 is 5.97 Å². The zero-order valence-corrected chi connectivity index (χ0v) is 17.9. The van der Waals surface area contributed by atoms with Gasteiger partial charge in [0.05, 0.1) is 5.56 Å². The van der Waals surface area contributed by atoms with Crippen LogP contribution in [-0.2, 0) is 6.42 Å². The van der Waals surface area contributed by atoms with E-state index in [1.807, 2.05) is 37.3 Å². The molecule has 0 saturated carbocycles. The molecule has 4 aromatic carbocycles. The van der Waals surface area contributed by atoms with Crippen molar-refractivity contribution in [1.82, 2.24) is 0 Å². The number of hydrogen-bond acceptors (Lipinski definition) is 2. The number of carbonyl (C=O) groups is 1. The highest BCUT2D eigenvalue weighted by Crippen LogP contribution is 2.29. The lowest BCUT2D eigenvalue weighted by molar-refractivity contribution is 0.0734. The fourth-order valence-electron chi connectivity index (χ4n) is 3.64. The molecule has 0 aliphatic rings. The predicted molar refractivity (Wildman–Crippen MR) is 122 cm³/mol. The summed E-state index contributed by atoms with van der Waals surface area (Å²) in [6.07, 6.45) is 0.246. The molecule has 0 radical (unpaired) electrons. The second-order valence-electron chi connectivity index (χ2n) is 7.86. The molecular weight excluding hydrogens is 425 g/mol. The minimum atomic E-state index is -0.615. The molecule has 0 heterocycles. The van der Waals surface area contributed by atoms with Crippen LogP contribution in [0.15, 0.2) is 91.0 Å². The van der Waals surface area contributed by atoms with Crippen LogP contribution in [0.2, 0.25) is 0 Å². The number of halogens is 3. The molecule has 0 aromatic heterocycles. The number of carbonyl (C=O) groups excluding carboxylic acids is 1. The first-order chi connectivity index (χ1) is 15.9. The van der Waals surface area contributed by atoms with E-state index < -0.39 is 23.4 Å². The van der Waals surface area contributed by atoms with Crippen molar-refractivity contribution >= 4 is 5.97 Å². The van der Waals surface area contributed by atoms with Crippen molar-refractivity contribution in [2.75, 3.05) is 0 Å². The molecule has 0 aliphatic heterocycles. The average Bonchev–Trinajstić information content (AvgIpc) is 2.83. The Balaban J connectivity index is 1.49. The maximum atomic E-state index is 14.8. The molecule has 0 fully saturated rings. The normalized spacial score (nSPS) is 11.8. The fourth-order valence-corrected chi connectivity index (χ4v) is 3.64. The van der Waals surface area contributed by atoms with Gasteiger partial charge in [-0.15, -0.1) is 0 Å². The summed E-state index contributed by atoms with van der Waals surface area (Å²) in [4.78, 5) is 12.3. The van der Waals surface area contributed by atoms with Crippen molar-refractivity contribution < 1.29 is 22.7 Å². The Morgan fingerprint density at radius 1 is 0.788 bits per heavy atom. The second kappa shape index (κ2) is 9.74. The zero-order chi connectivity index (χ0) is 23.4. The predicted octanol–water partition coefficient (Wildman–Crippen LogP) is 7.34. The van der Waals surface area contributed by atoms with Crippen molar-refractivity contribution in [2.45, 2.75) is 19.3 Å². The van der Waals surface area contributed by atoms with E-state index in [9.17, 15) is 18.0 Å². The highest BCUT2D eigenvalue weighted by atomic mass is 19.1. The third-order valence-corrected chi connectivity index (χ3v) is 5.50. The third kappa shape index (κ3) is 5.32. The number of esters is 1. The van der Waals surface area contributed by atoms with Crippen molar-refractivity contribution in [3.05, 3.63) is 125 Å². The van der Waals surface area contributed by atoms with E-state index in [0.29, 0.717) is 11.1 Å². The molecule has 4 aromatic rings. The van der Waals surface area contributed by atoms with Crippen LogP contribution in [0.5, 0.6) is 5.75 Å². The molecule has 5 heteroatoms. The highest BCUT2D eigenvalue weighted by molar-refractivity contribution is 5.91. The third-order valence-electron chi connectivity index (χ3n) is 5.50. The van der Waals surface area contributed by atoms with E-state index in [1.165, 1.54) is 48.5 Å². The number of ether oxygens (including phenoxy) is 1. The van der Waals surface area contributed by atoms with Crippen LogP contribution in [0.25, 0.3) is 11.1 Å². The number of rotatable bonds is 6. The van der Waals surface area contributed by atoms with Gasteiger partial charge < -0.3 is 4.74 Å². The van der Waals surface area contributed by atoms with Crippen molar-refractivity contribution in [2.24, 2.45) is 0 Å². The maximum absolute atomic E-state index is 14.8. The first-order valence-electron chi connectivity index (χ1n) is 10.5. The van der Waals surface area contributed by atoms with Crippen LogP contribution in [0.4, 0.5) is 13.2 Å². The first kappa shape index (κ1) is 22.3. The summed E-state index contributed by atoms with van der Waals surface area (Å²) in [5, 5.41) is 0. The van der Waals surface area contributed by atoms with Gasteiger partial charge in [-0.25, -0.2) is 18.0 Å². The van der Waals surface area contributed by atoms with E-state index >= 15 is 0 Å². The Morgan fingerprint density at radius 2 is 1.39 bits per heavy atom. The largest absolute Gasteiger partial charge is 0.423 e. The zero-order valence-electron chi connectivity index (χ0n) is 17.9. The second-order valence-corrected chi connectivity index (χ2v) is 7.86. The molecule has 0 spiro atoms. The molecule has 0 unspecified atom stereocenters. The lowest BCUT2D eigenvalue weighted by Crippen LogP contribution is -2.08. The van der Waals surface area contributed by atoms with Gasteiger partial charge in [0.15, 0.2) is 0 Å². The van der Waals surface area contributed by atoms with Gasteiger partial charge in [-0.2, -0.15) is 0 Å². The standard InChI is InChI=1S/C28H21F3O2/c1-18(19-5-3-2-4-6-19)15-25-26(30)16-22(17-27(25)31)20-7-9-21(10-8-20)28(32)33-24-13-11-23(29)12-14-24/h2-14,16-18H,15H2,1H3/t18-/m1/s1. The number of hydrogen-bond donors (Lipinski definition) is 0. The van der Waals surface area contributed by atoms with Crippen LogP contribution in [-0.4, -0.2) is 5.97 Å². The van der Waals surface area contributed by atoms with Crippen LogP contribution >= 0.6 is 0 Å². The Hall–Kier alpha value is -3.86. The topological polar surface area (TPSA) is 26.3 Å². The van der Waals surface area contributed by atoms with Gasteiger partial charge in [-0.3, -0.25) is 0 Å². The molecule has 33 heavy (non-hydrogen) atoms. The van der Waals surface area contributed by atoms with E-state index in [4.69, 9.17) is 4.74 Å². The lowest BCUT2D eigenvalue weighted by Gasteiger charge is -2.14. The van der Waals surface area contributed by atoms with Crippen LogP contribution in [0.3, 0.4) is 0 Å². The van der Waals surface area contributed by atoms with Crippen molar-refractivity contribution in [3.63, 3.8) is 0 Å². The molecule has 0 bridgehead atoms. The molecule has 0 amide bonds. The monoisotopic (exact) mass is 446 g/mol. The summed E-state index contributed by atoms with van der Waals surface area (Å²) in [5.41, 5.74) is 2.27. The van der Waals surface area contributed by atoms with Gasteiger partial charge in [-0.05, 0) is 77.6 Å². The van der Waals surface area contributed by atoms with E-state index in [0.717, 1.165) is 5.56 Å². The Bertz CT molecular complexity index is 1230. The Morgan fingerprint density at radius 3 is 2.00 bits per heavy atom. The van der Waals surface area contributed by atoms with E-state index in [2.05, 4.69) is 0 Å². The summed E-state index contributed by atoms with van der Waals surface area (Å²) in [6.45, 7) is 1.94. The molecule has 4 rings (SSSR count). The maximum Gasteiger partial charge on any atom is 0.343 e. The minimum Gasteiger partial charge on any atom is -0.423 e. The summed E-state index contributed by atoms with van der Waals surface area (Å²) in [6, 6.07) is 23.5. The Kier molecular flexibility index (Phi) is 6.59. The van der Waals surface area contributed by atoms with Gasteiger partial charge in [0.1, 0.15) is 23.2 Å². The fraction of sp³-hybridized carbons (Fsp3) is 0.107. The van der Waals surface area contributed by atoms with Gasteiger partial charge in [0.25, 0.3) is 0 Å². The van der Waals surface area contributed by atoms with Crippen LogP contribution < -0.4 is 4.74 Å². The highest BCUT2D eigenvalue weighted by Gasteiger charge is 2.17. The lowest BCUT2D eigenvalue weighted by atomic mass is 9.92. The Labute approximate surface area is 190 Å². The molecule has 2 nitrogen and oxygen atoms in total. The molecule has 166 valence electrons. The minimum absolute atomic E-state index is 0.0348. The summed E-state index contributed by atoms with van der Waals surface area (Å²) in [7, 11) is 0. The smallest absolute Gasteiger partial charge is 0.343 e. The van der Waals surface area contributed by atoms with Gasteiger partial charge in [0.2, 0.25) is 0 Å². The number of benzene rings is 4. The average molecular weight is 446 g/mol. The molecule has 0 N–H and O–H groups in total. The first-order valence-corrected chi connectivity index (χ1v) is 10.5. The van der Waals surface area contributed by atoms with Crippen molar-refractivity contribution in [1.29, 1.82) is 0 Å². The van der Waals surface area contributed by atoms with Crippen molar-refractivity contribution in [3.8, 4) is 16.9 Å². The van der Waals surface area contributed by atoms with Crippen LogP contribution in [0.1, 0.15) is 34.3 Å². The molecule has 1 atom stereocenters.